The molecule has 2 atom stereocenters. The van der Waals surface area contributed by atoms with Gasteiger partial charge in [0.2, 0.25) is 5.91 Å². The highest BCUT2D eigenvalue weighted by Crippen LogP contribution is 2.47. The van der Waals surface area contributed by atoms with E-state index in [1.807, 2.05) is 11.0 Å². The van der Waals surface area contributed by atoms with E-state index < -0.39 is 11.4 Å². The number of carbonyl (C=O) groups is 2. The van der Waals surface area contributed by atoms with E-state index in [-0.39, 0.29) is 17.7 Å². The zero-order chi connectivity index (χ0) is 16.7. The molecule has 0 aromatic carbocycles. The van der Waals surface area contributed by atoms with Crippen LogP contribution in [0, 0.1) is 17.8 Å². The highest BCUT2D eigenvalue weighted by atomic mass is 32.1. The lowest BCUT2D eigenvalue weighted by molar-refractivity contribution is -0.143. The van der Waals surface area contributed by atoms with Gasteiger partial charge in [0, 0.05) is 18.0 Å². The summed E-state index contributed by atoms with van der Waals surface area (Å²) in [6.45, 7) is 1.05. The molecule has 2 aliphatic carbocycles. The van der Waals surface area contributed by atoms with Gasteiger partial charge >= 0.3 is 5.97 Å². The highest BCUT2D eigenvalue weighted by Gasteiger charge is 2.51. The first-order chi connectivity index (χ1) is 11.6. The molecule has 1 aliphatic heterocycles. The maximum Gasteiger partial charge on any atom is 0.308 e. The van der Waals surface area contributed by atoms with E-state index >= 15 is 0 Å². The molecule has 4 nitrogen and oxygen atoms in total. The fourth-order valence-electron chi connectivity index (χ4n) is 4.83. The van der Waals surface area contributed by atoms with Crippen LogP contribution in [0.5, 0.6) is 0 Å². The van der Waals surface area contributed by atoms with Crippen LogP contribution < -0.4 is 0 Å². The third-order valence-corrected chi connectivity index (χ3v) is 7.38. The van der Waals surface area contributed by atoms with Crippen molar-refractivity contribution >= 4 is 23.2 Å². The number of thiophene rings is 1. The Kier molecular flexibility index (Phi) is 4.15. The number of likely N-dealkylation sites (tertiary alicyclic amines) is 1. The van der Waals surface area contributed by atoms with Crippen molar-refractivity contribution in [2.75, 3.05) is 13.1 Å². The first-order valence-electron chi connectivity index (χ1n) is 9.18. The van der Waals surface area contributed by atoms with Crippen LogP contribution >= 0.6 is 11.3 Å². The van der Waals surface area contributed by atoms with Crippen molar-refractivity contribution < 1.29 is 14.7 Å². The molecule has 1 aromatic rings. The van der Waals surface area contributed by atoms with E-state index in [0.717, 1.165) is 38.5 Å². The summed E-state index contributed by atoms with van der Waals surface area (Å²) in [6.07, 6.45) is 7.46. The van der Waals surface area contributed by atoms with Crippen LogP contribution in [0.4, 0.5) is 0 Å². The molecule has 3 aliphatic rings. The molecule has 0 radical (unpaired) electrons. The fourth-order valence-corrected chi connectivity index (χ4v) is 5.81. The standard InChI is InChI=1S/C19H25NO3S/c21-17(22)15-12-20(11-14(15)13-6-7-13)18(23)19(8-2-1-3-9-19)16-5-4-10-24-16/h4-5,10,13-15H,1-3,6-9,11-12H2,(H,21,22)/t14-,15+/m1/s1. The van der Waals surface area contributed by atoms with E-state index in [1.54, 1.807) is 11.3 Å². The Morgan fingerprint density at radius 1 is 1.17 bits per heavy atom. The summed E-state index contributed by atoms with van der Waals surface area (Å²) < 4.78 is 0. The molecule has 130 valence electrons. The van der Waals surface area contributed by atoms with Crippen molar-refractivity contribution in [3.05, 3.63) is 22.4 Å². The van der Waals surface area contributed by atoms with E-state index in [9.17, 15) is 14.7 Å². The van der Waals surface area contributed by atoms with Crippen molar-refractivity contribution in [3.8, 4) is 0 Å². The molecule has 3 fully saturated rings. The first-order valence-corrected chi connectivity index (χ1v) is 10.1. The van der Waals surface area contributed by atoms with Gasteiger partial charge in [-0.3, -0.25) is 9.59 Å². The van der Waals surface area contributed by atoms with Gasteiger partial charge in [-0.2, -0.15) is 0 Å². The summed E-state index contributed by atoms with van der Waals surface area (Å²) >= 11 is 1.68. The molecule has 1 amide bonds. The normalized spacial score (nSPS) is 29.6. The number of amides is 1. The monoisotopic (exact) mass is 347 g/mol. The Labute approximate surface area is 146 Å². The second-order valence-corrected chi connectivity index (χ2v) is 8.72. The van der Waals surface area contributed by atoms with Crippen LogP contribution in [-0.2, 0) is 15.0 Å². The van der Waals surface area contributed by atoms with Gasteiger partial charge in [0.05, 0.1) is 11.3 Å². The van der Waals surface area contributed by atoms with Crippen LogP contribution in [0.3, 0.4) is 0 Å². The van der Waals surface area contributed by atoms with E-state index in [1.165, 1.54) is 11.3 Å². The minimum Gasteiger partial charge on any atom is -0.481 e. The predicted octanol–water partition coefficient (Wildman–Crippen LogP) is 3.52. The summed E-state index contributed by atoms with van der Waals surface area (Å²) in [5.74, 6) is -0.219. The Bertz CT molecular complexity index is 617. The average Bonchev–Trinajstić information content (AvgIpc) is 3.12. The molecule has 1 N–H and O–H groups in total. The number of carboxylic acid groups (broad SMARTS) is 1. The lowest BCUT2D eigenvalue weighted by Crippen LogP contribution is -2.47. The topological polar surface area (TPSA) is 57.6 Å². The van der Waals surface area contributed by atoms with Crippen molar-refractivity contribution in [1.82, 2.24) is 4.90 Å². The number of rotatable bonds is 4. The zero-order valence-electron chi connectivity index (χ0n) is 13.9. The molecule has 0 spiro atoms. The minimum absolute atomic E-state index is 0.162. The van der Waals surface area contributed by atoms with Gasteiger partial charge in [-0.15, -0.1) is 11.3 Å². The van der Waals surface area contributed by atoms with Gasteiger partial charge in [0.1, 0.15) is 0 Å². The molecule has 2 heterocycles. The van der Waals surface area contributed by atoms with Crippen LogP contribution in [0.2, 0.25) is 0 Å². The molecule has 0 unspecified atom stereocenters. The van der Waals surface area contributed by atoms with Crippen LogP contribution in [0.15, 0.2) is 17.5 Å². The number of hydrogen-bond donors (Lipinski definition) is 1. The van der Waals surface area contributed by atoms with Gasteiger partial charge in [-0.05, 0) is 49.0 Å². The number of carboxylic acids is 1. The second kappa shape index (κ2) is 6.17. The zero-order valence-corrected chi connectivity index (χ0v) is 14.8. The van der Waals surface area contributed by atoms with Gasteiger partial charge in [0.25, 0.3) is 0 Å². The van der Waals surface area contributed by atoms with Gasteiger partial charge in [0.15, 0.2) is 0 Å². The molecule has 1 aromatic heterocycles. The highest BCUT2D eigenvalue weighted by molar-refractivity contribution is 7.10. The first kappa shape index (κ1) is 16.1. The van der Waals surface area contributed by atoms with Crippen molar-refractivity contribution in [2.24, 2.45) is 17.8 Å². The molecule has 5 heteroatoms. The third-order valence-electron chi connectivity index (χ3n) is 6.31. The second-order valence-electron chi connectivity index (χ2n) is 7.78. The number of aliphatic carboxylic acids is 1. The average molecular weight is 347 g/mol. The van der Waals surface area contributed by atoms with Gasteiger partial charge in [-0.25, -0.2) is 0 Å². The third kappa shape index (κ3) is 2.67. The van der Waals surface area contributed by atoms with Crippen LogP contribution in [-0.4, -0.2) is 35.0 Å². The van der Waals surface area contributed by atoms with Crippen LogP contribution in [0.25, 0.3) is 0 Å². The largest absolute Gasteiger partial charge is 0.481 e. The smallest absolute Gasteiger partial charge is 0.308 e. The van der Waals surface area contributed by atoms with Crippen molar-refractivity contribution in [3.63, 3.8) is 0 Å². The molecule has 0 bridgehead atoms. The molecule has 24 heavy (non-hydrogen) atoms. The maximum absolute atomic E-state index is 13.5. The SMILES string of the molecule is O=C(O)[C@H]1CN(C(=O)C2(c3cccs3)CCCCC2)C[C@@H]1C1CC1. The van der Waals surface area contributed by atoms with E-state index in [2.05, 4.69) is 11.4 Å². The van der Waals surface area contributed by atoms with Gasteiger partial charge in [-0.1, -0.05) is 25.3 Å². The lowest BCUT2D eigenvalue weighted by Gasteiger charge is -2.38. The predicted molar refractivity (Wildman–Crippen MR) is 93.0 cm³/mol. The Hall–Kier alpha value is -1.36. The lowest BCUT2D eigenvalue weighted by atomic mass is 9.72. The summed E-state index contributed by atoms with van der Waals surface area (Å²) in [4.78, 5) is 28.2. The summed E-state index contributed by atoms with van der Waals surface area (Å²) in [5, 5.41) is 11.6. The number of hydrogen-bond acceptors (Lipinski definition) is 3. The summed E-state index contributed by atoms with van der Waals surface area (Å²) in [7, 11) is 0. The van der Waals surface area contributed by atoms with Crippen molar-refractivity contribution in [1.29, 1.82) is 0 Å². The molecule has 4 rings (SSSR count). The summed E-state index contributed by atoms with van der Waals surface area (Å²) in [6, 6.07) is 4.12. The van der Waals surface area contributed by atoms with Crippen molar-refractivity contribution in [2.45, 2.75) is 50.4 Å². The van der Waals surface area contributed by atoms with Crippen LogP contribution in [0.1, 0.15) is 49.8 Å². The molecular weight excluding hydrogens is 322 g/mol. The molecule has 2 saturated carbocycles. The minimum atomic E-state index is -0.726. The fraction of sp³-hybridized carbons (Fsp3) is 0.684. The Balaban J connectivity index is 1.60. The Morgan fingerprint density at radius 3 is 2.50 bits per heavy atom. The Morgan fingerprint density at radius 2 is 1.92 bits per heavy atom. The molecule has 1 saturated heterocycles. The number of carbonyl (C=O) groups excluding carboxylic acids is 1. The quantitative estimate of drug-likeness (QED) is 0.906. The molecular formula is C19H25NO3S. The maximum atomic E-state index is 13.5. The number of nitrogens with zero attached hydrogens (tertiary/aromatic N) is 1. The van der Waals surface area contributed by atoms with E-state index in [0.29, 0.717) is 19.0 Å². The summed E-state index contributed by atoms with van der Waals surface area (Å²) in [5.41, 5.74) is -0.395. The van der Waals surface area contributed by atoms with Gasteiger partial charge < -0.3 is 10.0 Å². The van der Waals surface area contributed by atoms with E-state index in [4.69, 9.17) is 0 Å².